The van der Waals surface area contributed by atoms with Crippen LogP contribution in [0, 0.1) is 22.7 Å². The summed E-state index contributed by atoms with van der Waals surface area (Å²) in [5.41, 5.74) is 1.68. The lowest BCUT2D eigenvalue weighted by Gasteiger charge is -2.05. The number of rotatable bonds is 3. The number of nitrogens with one attached hydrogen (secondary N) is 1. The fourth-order valence-corrected chi connectivity index (χ4v) is 3.98. The number of fused-ring (bicyclic) bond motifs is 1. The van der Waals surface area contributed by atoms with Gasteiger partial charge in [-0.15, -0.1) is 21.5 Å². The maximum absolute atomic E-state index is 12.2. The zero-order chi connectivity index (χ0) is 16.2. The smallest absolute Gasteiger partial charge is 0.245 e. The van der Waals surface area contributed by atoms with Gasteiger partial charge in [-0.3, -0.25) is 9.36 Å². The Balaban J connectivity index is 1.79. The molecule has 1 amide bonds. The summed E-state index contributed by atoms with van der Waals surface area (Å²) in [5, 5.41) is 29.0. The quantitative estimate of drug-likeness (QED) is 0.868. The lowest BCUT2D eigenvalue weighted by atomic mass is 10.1. The van der Waals surface area contributed by atoms with Crippen LogP contribution >= 0.6 is 11.3 Å². The van der Waals surface area contributed by atoms with Crippen LogP contribution in [0.4, 0.5) is 5.00 Å². The molecule has 0 bridgehead atoms. The predicted octanol–water partition coefficient (Wildman–Crippen LogP) is 1.99. The molecular formula is C15H14N6OS. The van der Waals surface area contributed by atoms with Gasteiger partial charge in [-0.2, -0.15) is 10.5 Å². The summed E-state index contributed by atoms with van der Waals surface area (Å²) in [4.78, 5) is 13.4. The highest BCUT2D eigenvalue weighted by Crippen LogP contribution is 2.36. The molecule has 1 aliphatic carbocycles. The van der Waals surface area contributed by atoms with Gasteiger partial charge in [-0.25, -0.2) is 0 Å². The molecule has 1 N–H and O–H groups in total. The molecule has 0 aliphatic heterocycles. The van der Waals surface area contributed by atoms with E-state index in [4.69, 9.17) is 5.26 Å². The Bertz CT molecular complexity index is 822. The molecule has 0 radical (unpaired) electrons. The van der Waals surface area contributed by atoms with Crippen LogP contribution in [0.5, 0.6) is 0 Å². The number of hydrogen-bond acceptors (Lipinski definition) is 6. The molecule has 0 aromatic carbocycles. The Morgan fingerprint density at radius 3 is 2.91 bits per heavy atom. The van der Waals surface area contributed by atoms with Gasteiger partial charge in [0.2, 0.25) is 11.7 Å². The molecule has 23 heavy (non-hydrogen) atoms. The molecule has 3 rings (SSSR count). The SMILES string of the molecule is N#Cc1c(NC(=O)Cn2cnnc2C#N)sc2c1CCCCC2. The van der Waals surface area contributed by atoms with Crippen LogP contribution in [-0.4, -0.2) is 20.7 Å². The number of anilines is 1. The maximum Gasteiger partial charge on any atom is 0.245 e. The third kappa shape index (κ3) is 3.08. The highest BCUT2D eigenvalue weighted by atomic mass is 32.1. The number of hydrogen-bond donors (Lipinski definition) is 1. The summed E-state index contributed by atoms with van der Waals surface area (Å²) in [6.07, 6.45) is 6.59. The van der Waals surface area contributed by atoms with Gasteiger partial charge in [0.1, 0.15) is 30.0 Å². The average molecular weight is 326 g/mol. The van der Waals surface area contributed by atoms with E-state index in [-0.39, 0.29) is 18.3 Å². The fraction of sp³-hybridized carbons (Fsp3) is 0.400. The first kappa shape index (κ1) is 15.2. The van der Waals surface area contributed by atoms with E-state index in [1.165, 1.54) is 33.5 Å². The van der Waals surface area contributed by atoms with Crippen molar-refractivity contribution in [1.29, 1.82) is 10.5 Å². The van der Waals surface area contributed by atoms with Gasteiger partial charge < -0.3 is 5.32 Å². The van der Waals surface area contributed by atoms with E-state index in [0.717, 1.165) is 31.2 Å². The second-order valence-corrected chi connectivity index (χ2v) is 6.43. The van der Waals surface area contributed by atoms with Crippen molar-refractivity contribution in [2.24, 2.45) is 0 Å². The van der Waals surface area contributed by atoms with Crippen LogP contribution in [0.2, 0.25) is 0 Å². The van der Waals surface area contributed by atoms with Gasteiger partial charge in [0.25, 0.3) is 0 Å². The molecule has 0 fully saturated rings. The summed E-state index contributed by atoms with van der Waals surface area (Å²) in [7, 11) is 0. The van der Waals surface area contributed by atoms with Crippen LogP contribution < -0.4 is 5.32 Å². The van der Waals surface area contributed by atoms with Crippen molar-refractivity contribution in [3.05, 3.63) is 28.2 Å². The molecule has 0 spiro atoms. The van der Waals surface area contributed by atoms with Gasteiger partial charge in [-0.05, 0) is 31.2 Å². The van der Waals surface area contributed by atoms with Crippen LogP contribution in [0.1, 0.15) is 41.1 Å². The van der Waals surface area contributed by atoms with Crippen molar-refractivity contribution in [3.8, 4) is 12.1 Å². The first-order chi connectivity index (χ1) is 11.2. The second kappa shape index (κ2) is 6.59. The molecule has 0 saturated heterocycles. The molecule has 2 aromatic heterocycles. The van der Waals surface area contributed by atoms with E-state index < -0.39 is 0 Å². The molecule has 2 heterocycles. The van der Waals surface area contributed by atoms with Gasteiger partial charge in [-0.1, -0.05) is 6.42 Å². The minimum Gasteiger partial charge on any atom is -0.315 e. The van der Waals surface area contributed by atoms with E-state index in [0.29, 0.717) is 10.6 Å². The average Bonchev–Trinajstić information content (AvgIpc) is 3.04. The van der Waals surface area contributed by atoms with E-state index in [1.54, 1.807) is 0 Å². The monoisotopic (exact) mass is 326 g/mol. The van der Waals surface area contributed by atoms with Crippen LogP contribution in [-0.2, 0) is 24.2 Å². The Labute approximate surface area is 137 Å². The van der Waals surface area contributed by atoms with Crippen molar-refractivity contribution in [2.45, 2.75) is 38.6 Å². The molecule has 0 saturated carbocycles. The number of nitriles is 2. The molecular weight excluding hydrogens is 312 g/mol. The van der Waals surface area contributed by atoms with Crippen LogP contribution in [0.3, 0.4) is 0 Å². The molecule has 116 valence electrons. The van der Waals surface area contributed by atoms with Gasteiger partial charge >= 0.3 is 0 Å². The summed E-state index contributed by atoms with van der Waals surface area (Å²) in [5.74, 6) is -0.211. The zero-order valence-corrected chi connectivity index (χ0v) is 13.2. The van der Waals surface area contributed by atoms with Crippen molar-refractivity contribution < 1.29 is 4.79 Å². The minimum absolute atomic E-state index is 0.0523. The number of carbonyl (C=O) groups excluding carboxylic acids is 1. The molecule has 0 unspecified atom stereocenters. The van der Waals surface area contributed by atoms with E-state index in [1.807, 2.05) is 6.07 Å². The summed E-state index contributed by atoms with van der Waals surface area (Å²) >= 11 is 1.49. The fourth-order valence-electron chi connectivity index (χ4n) is 2.73. The van der Waals surface area contributed by atoms with Gasteiger partial charge in [0.15, 0.2) is 0 Å². The highest BCUT2D eigenvalue weighted by molar-refractivity contribution is 7.16. The molecule has 7 nitrogen and oxygen atoms in total. The largest absolute Gasteiger partial charge is 0.315 e. The van der Waals surface area contributed by atoms with Crippen LogP contribution in [0.15, 0.2) is 6.33 Å². The molecule has 1 aliphatic rings. The zero-order valence-electron chi connectivity index (χ0n) is 12.4. The van der Waals surface area contributed by atoms with Crippen molar-refractivity contribution in [3.63, 3.8) is 0 Å². The van der Waals surface area contributed by atoms with E-state index >= 15 is 0 Å². The number of amides is 1. The summed E-state index contributed by atoms with van der Waals surface area (Å²) in [6, 6.07) is 4.10. The van der Waals surface area contributed by atoms with Crippen LogP contribution in [0.25, 0.3) is 0 Å². The lowest BCUT2D eigenvalue weighted by Crippen LogP contribution is -2.19. The molecule has 2 aromatic rings. The number of thiophene rings is 1. The number of carbonyl (C=O) groups is 1. The normalized spacial score (nSPS) is 13.5. The predicted molar refractivity (Wildman–Crippen MR) is 83.7 cm³/mol. The van der Waals surface area contributed by atoms with Gasteiger partial charge in [0.05, 0.1) is 5.56 Å². The first-order valence-electron chi connectivity index (χ1n) is 7.35. The number of aromatic nitrogens is 3. The molecule has 0 atom stereocenters. The van der Waals surface area contributed by atoms with Crippen molar-refractivity contribution in [1.82, 2.24) is 14.8 Å². The Hall–Kier alpha value is -2.71. The van der Waals surface area contributed by atoms with E-state index in [2.05, 4.69) is 21.6 Å². The Morgan fingerprint density at radius 1 is 1.30 bits per heavy atom. The third-order valence-electron chi connectivity index (χ3n) is 3.82. The lowest BCUT2D eigenvalue weighted by molar-refractivity contribution is -0.116. The highest BCUT2D eigenvalue weighted by Gasteiger charge is 2.21. The third-order valence-corrected chi connectivity index (χ3v) is 5.02. The summed E-state index contributed by atoms with van der Waals surface area (Å²) in [6.45, 7) is -0.0523. The standard InChI is InChI=1S/C15H14N6OS/c16-6-11-10-4-2-1-3-5-12(10)23-15(11)19-14(22)8-21-9-18-20-13(21)7-17/h9H,1-5,8H2,(H,19,22). The summed E-state index contributed by atoms with van der Waals surface area (Å²) < 4.78 is 1.37. The molecule has 8 heteroatoms. The van der Waals surface area contributed by atoms with Gasteiger partial charge in [0, 0.05) is 4.88 Å². The Kier molecular flexibility index (Phi) is 4.35. The topological polar surface area (TPSA) is 107 Å². The Morgan fingerprint density at radius 2 is 2.13 bits per heavy atom. The van der Waals surface area contributed by atoms with Crippen molar-refractivity contribution in [2.75, 3.05) is 5.32 Å². The number of aryl methyl sites for hydroxylation is 1. The van der Waals surface area contributed by atoms with Crippen molar-refractivity contribution >= 4 is 22.2 Å². The maximum atomic E-state index is 12.2. The second-order valence-electron chi connectivity index (χ2n) is 5.32. The van der Waals surface area contributed by atoms with E-state index in [9.17, 15) is 10.1 Å². The first-order valence-corrected chi connectivity index (χ1v) is 8.17. The number of nitrogens with zero attached hydrogens (tertiary/aromatic N) is 5. The minimum atomic E-state index is -0.297.